The quantitative estimate of drug-likeness (QED) is 0.475. The summed E-state index contributed by atoms with van der Waals surface area (Å²) in [6, 6.07) is 6.74. The van der Waals surface area contributed by atoms with Crippen molar-refractivity contribution in [1.82, 2.24) is 20.3 Å². The van der Waals surface area contributed by atoms with E-state index in [2.05, 4.69) is 25.6 Å². The van der Waals surface area contributed by atoms with E-state index in [0.29, 0.717) is 18.4 Å². The summed E-state index contributed by atoms with van der Waals surface area (Å²) in [5, 5.41) is 15.2. The van der Waals surface area contributed by atoms with Crippen LogP contribution in [0.2, 0.25) is 0 Å². The van der Waals surface area contributed by atoms with Crippen molar-refractivity contribution in [1.29, 1.82) is 0 Å². The minimum atomic E-state index is -1.02. The van der Waals surface area contributed by atoms with Crippen LogP contribution in [0.3, 0.4) is 0 Å². The maximum absolute atomic E-state index is 14.5. The van der Waals surface area contributed by atoms with E-state index < -0.39 is 29.3 Å². The maximum atomic E-state index is 14.5. The third kappa shape index (κ3) is 4.70. The average molecular weight is 483 g/mol. The number of pyridine rings is 1. The standard InChI is InChI=1S/C25H24F3N5O2/c26-16-9-25(10-16,22-21(28)2-1-5-29-22)13-32-24-30-11-15(12-31-24)19-6-14(3-4-20(19)27)23(35)33-17-7-18(34)8-17/h1-6,11-12,16-18,34H,7-10,13H2,(H,33,35)(H,30,31,32). The van der Waals surface area contributed by atoms with Crippen molar-refractivity contribution in [2.45, 2.75) is 49.4 Å². The summed E-state index contributed by atoms with van der Waals surface area (Å²) in [6.45, 7) is 0.195. The number of benzene rings is 1. The normalized spacial score (nSPS) is 25.3. The van der Waals surface area contributed by atoms with E-state index in [9.17, 15) is 23.1 Å². The molecule has 2 fully saturated rings. The van der Waals surface area contributed by atoms with Gasteiger partial charge >= 0.3 is 0 Å². The monoisotopic (exact) mass is 483 g/mol. The van der Waals surface area contributed by atoms with Crippen LogP contribution in [0.1, 0.15) is 41.7 Å². The number of aliphatic hydroxyl groups excluding tert-OH is 1. The molecular formula is C25H24F3N5O2. The molecule has 10 heteroatoms. The summed E-state index contributed by atoms with van der Waals surface area (Å²) in [6.07, 6.45) is 4.20. The summed E-state index contributed by atoms with van der Waals surface area (Å²) < 4.78 is 42.6. The summed E-state index contributed by atoms with van der Waals surface area (Å²) in [4.78, 5) is 25.0. The molecule has 0 saturated heterocycles. The second-order valence-corrected chi connectivity index (χ2v) is 9.26. The number of hydrogen-bond acceptors (Lipinski definition) is 6. The molecule has 0 unspecified atom stereocenters. The lowest BCUT2D eigenvalue weighted by molar-refractivity contribution is 0.0562. The van der Waals surface area contributed by atoms with E-state index in [1.165, 1.54) is 48.9 Å². The highest BCUT2D eigenvalue weighted by Gasteiger charge is 2.48. The first-order valence-corrected chi connectivity index (χ1v) is 11.4. The number of aromatic nitrogens is 3. The Morgan fingerprint density at radius 2 is 1.83 bits per heavy atom. The van der Waals surface area contributed by atoms with E-state index in [1.54, 1.807) is 0 Å². The minimum Gasteiger partial charge on any atom is -0.393 e. The Bertz CT molecular complexity index is 1230. The molecule has 0 aliphatic heterocycles. The molecule has 0 bridgehead atoms. The van der Waals surface area contributed by atoms with E-state index in [-0.39, 0.29) is 54.1 Å². The van der Waals surface area contributed by atoms with E-state index in [0.717, 1.165) is 0 Å². The highest BCUT2D eigenvalue weighted by atomic mass is 19.1. The number of anilines is 1. The van der Waals surface area contributed by atoms with Gasteiger partial charge in [0.1, 0.15) is 17.8 Å². The van der Waals surface area contributed by atoms with Crippen molar-refractivity contribution < 1.29 is 23.1 Å². The molecule has 2 heterocycles. The number of nitrogens with zero attached hydrogens (tertiary/aromatic N) is 3. The molecule has 2 aliphatic rings. The molecule has 2 saturated carbocycles. The summed E-state index contributed by atoms with van der Waals surface area (Å²) in [5.41, 5.74) is 0.252. The molecule has 3 N–H and O–H groups in total. The third-order valence-electron chi connectivity index (χ3n) is 6.71. The number of rotatable bonds is 7. The van der Waals surface area contributed by atoms with Crippen LogP contribution in [0.15, 0.2) is 48.9 Å². The lowest BCUT2D eigenvalue weighted by Crippen LogP contribution is -2.49. The van der Waals surface area contributed by atoms with Gasteiger partial charge < -0.3 is 15.7 Å². The summed E-state index contributed by atoms with van der Waals surface area (Å²) in [5.74, 6) is -1.13. The molecular weight excluding hydrogens is 459 g/mol. The van der Waals surface area contributed by atoms with Crippen LogP contribution in [-0.4, -0.2) is 50.8 Å². The fourth-order valence-corrected chi connectivity index (χ4v) is 4.65. The number of alkyl halides is 1. The first kappa shape index (κ1) is 23.2. The second kappa shape index (κ2) is 9.26. The van der Waals surface area contributed by atoms with Crippen LogP contribution >= 0.6 is 0 Å². The highest BCUT2D eigenvalue weighted by Crippen LogP contribution is 2.45. The van der Waals surface area contributed by atoms with E-state index in [4.69, 9.17) is 0 Å². The van der Waals surface area contributed by atoms with Gasteiger partial charge in [0.2, 0.25) is 5.95 Å². The molecule has 2 aliphatic carbocycles. The number of halogens is 3. The fraction of sp³-hybridized carbons (Fsp3) is 0.360. The third-order valence-corrected chi connectivity index (χ3v) is 6.71. The Hall–Kier alpha value is -3.53. The Kier molecular flexibility index (Phi) is 6.14. The Morgan fingerprint density at radius 1 is 1.09 bits per heavy atom. The van der Waals surface area contributed by atoms with Crippen molar-refractivity contribution in [2.24, 2.45) is 0 Å². The van der Waals surface area contributed by atoms with Gasteiger partial charge in [0.05, 0.1) is 11.8 Å². The predicted molar refractivity (Wildman–Crippen MR) is 122 cm³/mol. The highest BCUT2D eigenvalue weighted by molar-refractivity contribution is 5.95. The van der Waals surface area contributed by atoms with Gasteiger partial charge in [0.15, 0.2) is 0 Å². The van der Waals surface area contributed by atoms with E-state index >= 15 is 0 Å². The Labute approximate surface area is 199 Å². The number of nitrogens with one attached hydrogen (secondary N) is 2. The number of carbonyl (C=O) groups is 1. The van der Waals surface area contributed by atoms with Gasteiger partial charge in [-0.15, -0.1) is 0 Å². The van der Waals surface area contributed by atoms with Crippen LogP contribution in [0.4, 0.5) is 19.1 Å². The number of carbonyl (C=O) groups excluding carboxylic acids is 1. The van der Waals surface area contributed by atoms with Crippen LogP contribution in [0.5, 0.6) is 0 Å². The zero-order valence-corrected chi connectivity index (χ0v) is 18.7. The minimum absolute atomic E-state index is 0.0918. The molecule has 5 rings (SSSR count). The van der Waals surface area contributed by atoms with Gasteiger partial charge in [-0.3, -0.25) is 9.78 Å². The largest absolute Gasteiger partial charge is 0.393 e. The van der Waals surface area contributed by atoms with Crippen LogP contribution in [0.25, 0.3) is 11.1 Å². The van der Waals surface area contributed by atoms with E-state index in [1.807, 2.05) is 0 Å². The Morgan fingerprint density at radius 3 is 2.49 bits per heavy atom. The van der Waals surface area contributed by atoms with Crippen LogP contribution in [0, 0.1) is 11.6 Å². The summed E-state index contributed by atoms with van der Waals surface area (Å²) >= 11 is 0. The molecule has 7 nitrogen and oxygen atoms in total. The van der Waals surface area contributed by atoms with Gasteiger partial charge in [0.25, 0.3) is 5.91 Å². The van der Waals surface area contributed by atoms with Crippen molar-refractivity contribution in [3.8, 4) is 11.1 Å². The molecule has 1 aromatic carbocycles. The van der Waals surface area contributed by atoms with Crippen LogP contribution in [-0.2, 0) is 5.41 Å². The molecule has 2 aromatic heterocycles. The van der Waals surface area contributed by atoms with Gasteiger partial charge in [-0.2, -0.15) is 0 Å². The molecule has 35 heavy (non-hydrogen) atoms. The van der Waals surface area contributed by atoms with Crippen molar-refractivity contribution >= 4 is 11.9 Å². The lowest BCUT2D eigenvalue weighted by Gasteiger charge is -2.43. The second-order valence-electron chi connectivity index (χ2n) is 9.26. The molecule has 3 aromatic rings. The van der Waals surface area contributed by atoms with Gasteiger partial charge in [-0.1, -0.05) is 0 Å². The molecule has 0 spiro atoms. The SMILES string of the molecule is O=C(NC1CC(O)C1)c1ccc(F)c(-c2cnc(NCC3(c4ncccc4F)CC(F)C3)nc2)c1. The smallest absolute Gasteiger partial charge is 0.251 e. The van der Waals surface area contributed by atoms with Gasteiger partial charge in [-0.05, 0) is 56.0 Å². The Balaban J connectivity index is 1.28. The van der Waals surface area contributed by atoms with Crippen molar-refractivity contribution in [2.75, 3.05) is 11.9 Å². The zero-order valence-electron chi connectivity index (χ0n) is 18.7. The average Bonchev–Trinajstić information content (AvgIpc) is 2.81. The number of amides is 1. The predicted octanol–water partition coefficient (Wildman–Crippen LogP) is 3.55. The molecule has 182 valence electrons. The van der Waals surface area contributed by atoms with Crippen LogP contribution < -0.4 is 10.6 Å². The zero-order chi connectivity index (χ0) is 24.6. The molecule has 0 radical (unpaired) electrons. The first-order valence-electron chi connectivity index (χ1n) is 11.4. The number of aliphatic hydroxyl groups is 1. The van der Waals surface area contributed by atoms with Crippen molar-refractivity contribution in [3.63, 3.8) is 0 Å². The summed E-state index contributed by atoms with van der Waals surface area (Å²) in [7, 11) is 0. The molecule has 1 amide bonds. The topological polar surface area (TPSA) is 100 Å². The van der Waals surface area contributed by atoms with Gasteiger partial charge in [0, 0.05) is 53.3 Å². The lowest BCUT2D eigenvalue weighted by atomic mass is 9.65. The van der Waals surface area contributed by atoms with Crippen molar-refractivity contribution in [3.05, 3.63) is 71.8 Å². The van der Waals surface area contributed by atoms with Gasteiger partial charge in [-0.25, -0.2) is 23.1 Å². The first-order chi connectivity index (χ1) is 16.8. The molecule has 0 atom stereocenters. The fourth-order valence-electron chi connectivity index (χ4n) is 4.65. The maximum Gasteiger partial charge on any atom is 0.251 e. The number of hydrogen-bond donors (Lipinski definition) is 3.